The van der Waals surface area contributed by atoms with E-state index in [0.717, 1.165) is 65.0 Å². The predicted octanol–water partition coefficient (Wildman–Crippen LogP) is 5.35. The van der Waals surface area contributed by atoms with Crippen LogP contribution in [0.25, 0.3) is 21.6 Å². The van der Waals surface area contributed by atoms with Crippen LogP contribution in [0.5, 0.6) is 5.75 Å². The third-order valence-corrected chi connectivity index (χ3v) is 6.49. The van der Waals surface area contributed by atoms with Crippen molar-refractivity contribution in [3.05, 3.63) is 65.0 Å². The number of aromatic nitrogens is 2. The maximum absolute atomic E-state index is 6.26. The van der Waals surface area contributed by atoms with Crippen LogP contribution in [0.2, 0.25) is 5.02 Å². The van der Waals surface area contributed by atoms with Crippen molar-refractivity contribution in [1.82, 2.24) is 9.97 Å². The van der Waals surface area contributed by atoms with Crippen molar-refractivity contribution in [2.24, 2.45) is 0 Å². The zero-order valence-corrected chi connectivity index (χ0v) is 18.2. The SMILES string of the molecule is COc1ccccc1N1CCN(c2nc(-c3cccs3)nc3cc(Cl)ccc23)CC1. The van der Waals surface area contributed by atoms with E-state index in [9.17, 15) is 0 Å². The molecule has 7 heteroatoms. The average Bonchev–Trinajstić information content (AvgIpc) is 3.33. The number of thiophene rings is 1. The summed E-state index contributed by atoms with van der Waals surface area (Å²) in [6.07, 6.45) is 0. The van der Waals surface area contributed by atoms with E-state index in [4.69, 9.17) is 26.3 Å². The van der Waals surface area contributed by atoms with E-state index >= 15 is 0 Å². The minimum absolute atomic E-state index is 0.685. The number of hydrogen-bond donors (Lipinski definition) is 0. The van der Waals surface area contributed by atoms with Crippen molar-refractivity contribution in [3.63, 3.8) is 0 Å². The fourth-order valence-electron chi connectivity index (χ4n) is 3.89. The Morgan fingerprint density at radius 2 is 1.73 bits per heavy atom. The number of methoxy groups -OCH3 is 1. The second kappa shape index (κ2) is 8.13. The van der Waals surface area contributed by atoms with Gasteiger partial charge in [0.1, 0.15) is 11.6 Å². The Morgan fingerprint density at radius 3 is 2.50 bits per heavy atom. The highest BCUT2D eigenvalue weighted by molar-refractivity contribution is 7.13. The molecular weight excluding hydrogens is 416 g/mol. The van der Waals surface area contributed by atoms with Crippen LogP contribution in [0.15, 0.2) is 60.0 Å². The standard InChI is InChI=1S/C23H21ClN4OS/c1-29-20-6-3-2-5-19(20)27-10-12-28(13-11-27)23-17-9-8-16(24)15-18(17)25-22(26-23)21-7-4-14-30-21/h2-9,14-15H,10-13H2,1H3. The number of nitrogens with zero attached hydrogens (tertiary/aromatic N) is 4. The van der Waals surface area contributed by atoms with Gasteiger partial charge in [0.25, 0.3) is 0 Å². The molecule has 0 spiro atoms. The van der Waals surface area contributed by atoms with Gasteiger partial charge in [0.05, 0.1) is 23.2 Å². The van der Waals surface area contributed by atoms with Gasteiger partial charge in [0.15, 0.2) is 5.82 Å². The highest BCUT2D eigenvalue weighted by Crippen LogP contribution is 2.33. The minimum Gasteiger partial charge on any atom is -0.495 e. The van der Waals surface area contributed by atoms with Crippen molar-refractivity contribution >= 4 is 45.3 Å². The first-order valence-corrected chi connectivity index (χ1v) is 11.1. The number of ether oxygens (including phenoxy) is 1. The van der Waals surface area contributed by atoms with Crippen LogP contribution in [0.4, 0.5) is 11.5 Å². The van der Waals surface area contributed by atoms with Gasteiger partial charge >= 0.3 is 0 Å². The Morgan fingerprint density at radius 1 is 0.933 bits per heavy atom. The molecule has 2 aromatic heterocycles. The number of anilines is 2. The van der Waals surface area contributed by atoms with Crippen LogP contribution in [-0.2, 0) is 0 Å². The third kappa shape index (κ3) is 3.57. The molecule has 30 heavy (non-hydrogen) atoms. The van der Waals surface area contributed by atoms with E-state index in [0.29, 0.717) is 5.02 Å². The summed E-state index contributed by atoms with van der Waals surface area (Å²) in [5, 5.41) is 3.77. The molecule has 5 nitrogen and oxygen atoms in total. The number of rotatable bonds is 4. The van der Waals surface area contributed by atoms with E-state index in [2.05, 4.69) is 28.0 Å². The number of para-hydroxylation sites is 2. The summed E-state index contributed by atoms with van der Waals surface area (Å²) in [4.78, 5) is 15.5. The summed E-state index contributed by atoms with van der Waals surface area (Å²) >= 11 is 7.91. The molecule has 1 fully saturated rings. The van der Waals surface area contributed by atoms with Gasteiger partial charge in [-0.1, -0.05) is 29.8 Å². The van der Waals surface area contributed by atoms with E-state index in [1.54, 1.807) is 18.4 Å². The molecule has 1 saturated heterocycles. The fraction of sp³-hybridized carbons (Fsp3) is 0.217. The molecule has 3 heterocycles. The van der Waals surface area contributed by atoms with Gasteiger partial charge in [0, 0.05) is 36.6 Å². The van der Waals surface area contributed by atoms with Crippen molar-refractivity contribution in [3.8, 4) is 16.5 Å². The van der Waals surface area contributed by atoms with Crippen molar-refractivity contribution in [2.75, 3.05) is 43.1 Å². The molecule has 5 rings (SSSR count). The lowest BCUT2D eigenvalue weighted by Gasteiger charge is -2.37. The highest BCUT2D eigenvalue weighted by Gasteiger charge is 2.23. The number of hydrogen-bond acceptors (Lipinski definition) is 6. The van der Waals surface area contributed by atoms with Gasteiger partial charge in [-0.3, -0.25) is 0 Å². The molecule has 0 unspecified atom stereocenters. The molecule has 152 valence electrons. The largest absolute Gasteiger partial charge is 0.495 e. The quantitative estimate of drug-likeness (QED) is 0.431. The zero-order valence-electron chi connectivity index (χ0n) is 16.6. The smallest absolute Gasteiger partial charge is 0.172 e. The topological polar surface area (TPSA) is 41.5 Å². The normalized spacial score (nSPS) is 14.3. The van der Waals surface area contributed by atoms with Crippen LogP contribution in [0, 0.1) is 0 Å². The van der Waals surface area contributed by atoms with Gasteiger partial charge in [0.2, 0.25) is 0 Å². The van der Waals surface area contributed by atoms with Crippen molar-refractivity contribution in [2.45, 2.75) is 0 Å². The first-order chi connectivity index (χ1) is 14.7. The van der Waals surface area contributed by atoms with E-state index < -0.39 is 0 Å². The molecule has 0 atom stereocenters. The predicted molar refractivity (Wildman–Crippen MR) is 125 cm³/mol. The molecule has 0 N–H and O–H groups in total. The van der Waals surface area contributed by atoms with Crippen LogP contribution in [-0.4, -0.2) is 43.3 Å². The highest BCUT2D eigenvalue weighted by atomic mass is 35.5. The number of piperazine rings is 1. The Bertz CT molecular complexity index is 1170. The Balaban J connectivity index is 1.48. The molecule has 4 aromatic rings. The lowest BCUT2D eigenvalue weighted by atomic mass is 10.2. The monoisotopic (exact) mass is 436 g/mol. The minimum atomic E-state index is 0.685. The summed E-state index contributed by atoms with van der Waals surface area (Å²) < 4.78 is 5.55. The fourth-order valence-corrected chi connectivity index (χ4v) is 4.72. The summed E-state index contributed by atoms with van der Waals surface area (Å²) in [5.41, 5.74) is 2.02. The number of benzene rings is 2. The molecule has 2 aromatic carbocycles. The lowest BCUT2D eigenvalue weighted by molar-refractivity contribution is 0.413. The average molecular weight is 437 g/mol. The van der Waals surface area contributed by atoms with Gasteiger partial charge in [-0.25, -0.2) is 9.97 Å². The van der Waals surface area contributed by atoms with Gasteiger partial charge in [-0.2, -0.15) is 0 Å². The molecule has 1 aliphatic rings. The van der Waals surface area contributed by atoms with Crippen LogP contribution in [0.1, 0.15) is 0 Å². The second-order valence-electron chi connectivity index (χ2n) is 7.16. The van der Waals surface area contributed by atoms with Gasteiger partial charge < -0.3 is 14.5 Å². The number of fused-ring (bicyclic) bond motifs is 1. The van der Waals surface area contributed by atoms with E-state index in [1.807, 2.05) is 41.8 Å². The molecule has 0 amide bonds. The van der Waals surface area contributed by atoms with E-state index in [1.165, 1.54) is 0 Å². The first-order valence-electron chi connectivity index (χ1n) is 9.87. The Labute approximate surface area is 184 Å². The van der Waals surface area contributed by atoms with Crippen LogP contribution < -0.4 is 14.5 Å². The maximum atomic E-state index is 6.26. The Hall–Kier alpha value is -2.83. The van der Waals surface area contributed by atoms with Crippen LogP contribution >= 0.6 is 22.9 Å². The van der Waals surface area contributed by atoms with Gasteiger partial charge in [-0.15, -0.1) is 11.3 Å². The molecule has 1 aliphatic heterocycles. The van der Waals surface area contributed by atoms with E-state index in [-0.39, 0.29) is 0 Å². The van der Waals surface area contributed by atoms with Gasteiger partial charge in [-0.05, 0) is 41.8 Å². The third-order valence-electron chi connectivity index (χ3n) is 5.39. The molecular formula is C23H21ClN4OS. The zero-order chi connectivity index (χ0) is 20.5. The summed E-state index contributed by atoms with van der Waals surface area (Å²) in [6, 6.07) is 18.1. The lowest BCUT2D eigenvalue weighted by Crippen LogP contribution is -2.47. The summed E-state index contributed by atoms with van der Waals surface area (Å²) in [7, 11) is 1.72. The second-order valence-corrected chi connectivity index (χ2v) is 8.54. The molecule has 0 radical (unpaired) electrons. The van der Waals surface area contributed by atoms with Crippen molar-refractivity contribution < 1.29 is 4.74 Å². The number of halogens is 1. The van der Waals surface area contributed by atoms with Crippen molar-refractivity contribution in [1.29, 1.82) is 0 Å². The van der Waals surface area contributed by atoms with Crippen LogP contribution in [0.3, 0.4) is 0 Å². The maximum Gasteiger partial charge on any atom is 0.172 e. The molecule has 0 aliphatic carbocycles. The summed E-state index contributed by atoms with van der Waals surface area (Å²) in [6.45, 7) is 3.54. The first kappa shape index (κ1) is 19.2. The molecule has 0 bridgehead atoms. The Kier molecular flexibility index (Phi) is 5.19. The molecule has 0 saturated carbocycles. The summed E-state index contributed by atoms with van der Waals surface area (Å²) in [5.74, 6) is 2.63.